The smallest absolute Gasteiger partial charge is 0.268 e. The molecule has 2 heterocycles. The van der Waals surface area contributed by atoms with E-state index < -0.39 is 0 Å². The van der Waals surface area contributed by atoms with Gasteiger partial charge < -0.3 is 10.3 Å². The van der Waals surface area contributed by atoms with Gasteiger partial charge in [0.1, 0.15) is 5.69 Å². The van der Waals surface area contributed by atoms with Crippen LogP contribution in [0, 0.1) is 13.8 Å². The van der Waals surface area contributed by atoms with Gasteiger partial charge in [-0.05, 0) is 57.7 Å². The number of nitrogens with one attached hydrogen (secondary N) is 2. The number of nitrogens with zero attached hydrogens (tertiary/aromatic N) is 1. The molecule has 0 fully saturated rings. The van der Waals surface area contributed by atoms with Gasteiger partial charge in [-0.1, -0.05) is 24.3 Å². The molecule has 5 heteroatoms. The predicted octanol–water partition coefficient (Wildman–Crippen LogP) is 3.40. The first kappa shape index (κ1) is 19.4. The van der Waals surface area contributed by atoms with Gasteiger partial charge in [0.05, 0.1) is 0 Å². The lowest BCUT2D eigenvalue weighted by molar-refractivity contribution is 0.0822. The van der Waals surface area contributed by atoms with Crippen molar-refractivity contribution in [2.45, 2.75) is 53.1 Å². The lowest BCUT2D eigenvalue weighted by Gasteiger charge is -2.41. The van der Waals surface area contributed by atoms with Gasteiger partial charge in [-0.25, -0.2) is 0 Å². The van der Waals surface area contributed by atoms with E-state index in [1.807, 2.05) is 13.8 Å². The molecule has 1 aliphatic heterocycles. The quantitative estimate of drug-likeness (QED) is 0.796. The van der Waals surface area contributed by atoms with Crippen LogP contribution in [0.3, 0.4) is 0 Å². The average Bonchev–Trinajstić information content (AvgIpc) is 2.93. The monoisotopic (exact) mass is 367 g/mol. The number of amides is 1. The first-order chi connectivity index (χ1) is 12.7. The van der Waals surface area contributed by atoms with Crippen molar-refractivity contribution >= 4 is 11.7 Å². The number of rotatable bonds is 5. The number of carbonyl (C=O) groups excluding carboxylic acids is 2. The minimum absolute atomic E-state index is 0.0207. The Morgan fingerprint density at radius 2 is 1.85 bits per heavy atom. The molecule has 0 atom stereocenters. The maximum Gasteiger partial charge on any atom is 0.268 e. The molecule has 0 aliphatic carbocycles. The molecule has 0 saturated heterocycles. The van der Waals surface area contributed by atoms with E-state index in [2.05, 4.69) is 53.3 Å². The van der Waals surface area contributed by atoms with Crippen LogP contribution in [-0.2, 0) is 13.0 Å². The average molecular weight is 367 g/mol. The first-order valence-corrected chi connectivity index (χ1v) is 9.51. The first-order valence-electron chi connectivity index (χ1n) is 9.51. The zero-order valence-electron chi connectivity index (χ0n) is 16.9. The molecule has 0 spiro atoms. The number of hydrogen-bond acceptors (Lipinski definition) is 3. The summed E-state index contributed by atoms with van der Waals surface area (Å²) in [5.41, 5.74) is 5.19. The number of aromatic nitrogens is 1. The standard InChI is InChI=1S/C22H29N3O2/c1-14-19(16(3)26)15(2)24-20(14)21(27)23-13-22(4,5)25-11-10-17-8-6-7-9-18(17)12-25/h6-9,24H,10-13H2,1-5H3,(H,23,27). The van der Waals surface area contributed by atoms with Gasteiger partial charge in [-0.15, -0.1) is 0 Å². The summed E-state index contributed by atoms with van der Waals surface area (Å²) in [5.74, 6) is -0.179. The molecule has 144 valence electrons. The summed E-state index contributed by atoms with van der Waals surface area (Å²) in [6.07, 6.45) is 1.03. The van der Waals surface area contributed by atoms with Crippen molar-refractivity contribution in [2.75, 3.05) is 13.1 Å². The molecular formula is C22H29N3O2. The van der Waals surface area contributed by atoms with Crippen LogP contribution in [0.15, 0.2) is 24.3 Å². The number of benzene rings is 1. The number of ketones is 1. The van der Waals surface area contributed by atoms with Crippen LogP contribution < -0.4 is 5.32 Å². The van der Waals surface area contributed by atoms with Crippen LogP contribution in [0.5, 0.6) is 0 Å². The van der Waals surface area contributed by atoms with E-state index in [4.69, 9.17) is 0 Å². The van der Waals surface area contributed by atoms with Gasteiger partial charge in [0.25, 0.3) is 5.91 Å². The third-order valence-electron chi connectivity index (χ3n) is 5.68. The van der Waals surface area contributed by atoms with Gasteiger partial charge in [0, 0.05) is 36.4 Å². The molecule has 0 unspecified atom stereocenters. The molecule has 3 rings (SSSR count). The van der Waals surface area contributed by atoms with E-state index in [-0.39, 0.29) is 17.2 Å². The zero-order valence-corrected chi connectivity index (χ0v) is 16.9. The zero-order chi connectivity index (χ0) is 19.8. The number of H-pyrrole nitrogens is 1. The summed E-state index contributed by atoms with van der Waals surface area (Å²) >= 11 is 0. The van der Waals surface area contributed by atoms with Crippen molar-refractivity contribution in [1.29, 1.82) is 0 Å². The SMILES string of the molecule is CC(=O)c1c(C)[nH]c(C(=O)NCC(C)(C)N2CCc3ccccc3C2)c1C. The fourth-order valence-corrected chi connectivity index (χ4v) is 4.01. The summed E-state index contributed by atoms with van der Waals surface area (Å²) in [6, 6.07) is 8.56. The Morgan fingerprint density at radius 1 is 1.19 bits per heavy atom. The molecule has 2 N–H and O–H groups in total. The largest absolute Gasteiger partial charge is 0.354 e. The molecule has 1 amide bonds. The maximum absolute atomic E-state index is 12.7. The summed E-state index contributed by atoms with van der Waals surface area (Å²) in [6.45, 7) is 11.9. The van der Waals surface area contributed by atoms with E-state index in [0.29, 0.717) is 17.8 Å². The van der Waals surface area contributed by atoms with Crippen molar-refractivity contribution in [1.82, 2.24) is 15.2 Å². The van der Waals surface area contributed by atoms with E-state index in [0.717, 1.165) is 30.8 Å². The van der Waals surface area contributed by atoms with Crippen molar-refractivity contribution in [2.24, 2.45) is 0 Å². The van der Waals surface area contributed by atoms with Gasteiger partial charge >= 0.3 is 0 Å². The van der Waals surface area contributed by atoms with Crippen molar-refractivity contribution in [3.63, 3.8) is 0 Å². The third kappa shape index (κ3) is 3.83. The van der Waals surface area contributed by atoms with Crippen LogP contribution in [-0.4, -0.2) is 40.2 Å². The molecule has 2 aromatic rings. The Labute approximate surface area is 161 Å². The lowest BCUT2D eigenvalue weighted by atomic mass is 9.94. The minimum Gasteiger partial charge on any atom is -0.354 e. The van der Waals surface area contributed by atoms with Gasteiger partial charge in [-0.2, -0.15) is 0 Å². The third-order valence-corrected chi connectivity index (χ3v) is 5.68. The second-order valence-corrected chi connectivity index (χ2v) is 8.12. The topological polar surface area (TPSA) is 65.2 Å². The summed E-state index contributed by atoms with van der Waals surface area (Å²) < 4.78 is 0. The second-order valence-electron chi connectivity index (χ2n) is 8.12. The predicted molar refractivity (Wildman–Crippen MR) is 107 cm³/mol. The summed E-state index contributed by atoms with van der Waals surface area (Å²) in [5, 5.41) is 3.06. The highest BCUT2D eigenvalue weighted by Crippen LogP contribution is 2.25. The summed E-state index contributed by atoms with van der Waals surface area (Å²) in [7, 11) is 0. The Hall–Kier alpha value is -2.40. The number of aryl methyl sites for hydroxylation is 1. The van der Waals surface area contributed by atoms with Crippen molar-refractivity contribution in [3.05, 3.63) is 57.9 Å². The highest BCUT2D eigenvalue weighted by molar-refractivity contribution is 6.02. The van der Waals surface area contributed by atoms with Crippen molar-refractivity contribution < 1.29 is 9.59 Å². The Kier molecular flexibility index (Phi) is 5.24. The Balaban J connectivity index is 1.68. The van der Waals surface area contributed by atoms with Gasteiger partial charge in [-0.3, -0.25) is 14.5 Å². The number of hydrogen-bond donors (Lipinski definition) is 2. The molecule has 1 aliphatic rings. The van der Waals surface area contributed by atoms with Gasteiger partial charge in [0.2, 0.25) is 0 Å². The molecule has 1 aromatic carbocycles. The molecular weight excluding hydrogens is 338 g/mol. The number of aromatic amines is 1. The molecule has 1 aromatic heterocycles. The normalized spacial score (nSPS) is 14.7. The molecule has 0 bridgehead atoms. The fraction of sp³-hybridized carbons (Fsp3) is 0.455. The Bertz CT molecular complexity index is 880. The molecule has 0 saturated carbocycles. The molecule has 0 radical (unpaired) electrons. The fourth-order valence-electron chi connectivity index (χ4n) is 4.01. The number of Topliss-reactive ketones (excluding diaryl/α,β-unsaturated/α-hetero) is 1. The summed E-state index contributed by atoms with van der Waals surface area (Å²) in [4.78, 5) is 30.0. The second kappa shape index (κ2) is 7.31. The highest BCUT2D eigenvalue weighted by Gasteiger charge is 2.30. The van der Waals surface area contributed by atoms with Crippen molar-refractivity contribution in [3.8, 4) is 0 Å². The lowest BCUT2D eigenvalue weighted by Crippen LogP contribution is -2.53. The number of carbonyl (C=O) groups is 2. The number of fused-ring (bicyclic) bond motifs is 1. The van der Waals surface area contributed by atoms with Crippen LogP contribution in [0.2, 0.25) is 0 Å². The highest BCUT2D eigenvalue weighted by atomic mass is 16.2. The van der Waals surface area contributed by atoms with Crippen LogP contribution in [0.25, 0.3) is 0 Å². The molecule has 5 nitrogen and oxygen atoms in total. The van der Waals surface area contributed by atoms with E-state index in [9.17, 15) is 9.59 Å². The minimum atomic E-state index is -0.165. The Morgan fingerprint density at radius 3 is 2.48 bits per heavy atom. The van der Waals surface area contributed by atoms with Crippen LogP contribution in [0.4, 0.5) is 0 Å². The van der Waals surface area contributed by atoms with E-state index in [1.54, 1.807) is 0 Å². The van der Waals surface area contributed by atoms with Crippen LogP contribution >= 0.6 is 0 Å². The van der Waals surface area contributed by atoms with Gasteiger partial charge in [0.15, 0.2) is 5.78 Å². The van der Waals surface area contributed by atoms with E-state index in [1.165, 1.54) is 18.1 Å². The maximum atomic E-state index is 12.7. The van der Waals surface area contributed by atoms with Crippen LogP contribution in [0.1, 0.15) is 64.0 Å². The van der Waals surface area contributed by atoms with E-state index >= 15 is 0 Å². The molecule has 27 heavy (non-hydrogen) atoms.